The highest BCUT2D eigenvalue weighted by Crippen LogP contribution is 2.47. The molecule has 2 aliphatic heterocycles. The lowest BCUT2D eigenvalue weighted by Gasteiger charge is -2.55. The van der Waals surface area contributed by atoms with Gasteiger partial charge in [-0.1, -0.05) is 43.7 Å². The van der Waals surface area contributed by atoms with Crippen LogP contribution in [0.1, 0.15) is 103 Å². The fourth-order valence-electron chi connectivity index (χ4n) is 9.89. The van der Waals surface area contributed by atoms with Crippen molar-refractivity contribution in [3.63, 3.8) is 0 Å². The summed E-state index contributed by atoms with van der Waals surface area (Å²) in [5.41, 5.74) is 2.63. The van der Waals surface area contributed by atoms with Crippen LogP contribution < -0.4 is 10.6 Å². The molecule has 7 atom stereocenters. The predicted molar refractivity (Wildman–Crippen MR) is 177 cm³/mol. The second-order valence-corrected chi connectivity index (χ2v) is 15.8. The van der Waals surface area contributed by atoms with Crippen LogP contribution in [0.2, 0.25) is 0 Å². The molecule has 3 aliphatic carbocycles. The highest BCUT2D eigenvalue weighted by atomic mass is 16.5. The van der Waals surface area contributed by atoms with Crippen molar-refractivity contribution >= 4 is 0 Å². The van der Waals surface area contributed by atoms with Gasteiger partial charge in [-0.15, -0.1) is 0 Å². The molecule has 7 unspecified atom stereocenters. The van der Waals surface area contributed by atoms with E-state index in [1.807, 2.05) is 0 Å². The molecule has 1 aromatic rings. The van der Waals surface area contributed by atoms with Gasteiger partial charge in [0, 0.05) is 25.2 Å². The number of aryl methyl sites for hydroxylation is 1. The molecule has 6 rings (SSSR count). The van der Waals surface area contributed by atoms with Crippen molar-refractivity contribution in [2.45, 2.75) is 129 Å². The van der Waals surface area contributed by atoms with Gasteiger partial charge in [-0.2, -0.15) is 0 Å². The zero-order chi connectivity index (χ0) is 29.8. The molecule has 0 radical (unpaired) electrons. The minimum absolute atomic E-state index is 0.419. The number of hydrogen-bond donors (Lipinski definition) is 2. The molecule has 0 amide bonds. The van der Waals surface area contributed by atoms with Crippen molar-refractivity contribution < 1.29 is 9.47 Å². The Hall–Kier alpha value is -0.980. The van der Waals surface area contributed by atoms with Crippen molar-refractivity contribution in [2.75, 3.05) is 32.8 Å². The highest BCUT2D eigenvalue weighted by molar-refractivity contribution is 5.20. The van der Waals surface area contributed by atoms with E-state index in [9.17, 15) is 0 Å². The van der Waals surface area contributed by atoms with Gasteiger partial charge in [0.2, 0.25) is 0 Å². The van der Waals surface area contributed by atoms with E-state index in [2.05, 4.69) is 67.5 Å². The van der Waals surface area contributed by atoms with E-state index in [4.69, 9.17) is 9.47 Å². The Morgan fingerprint density at radius 3 is 2.28 bits per heavy atom. The summed E-state index contributed by atoms with van der Waals surface area (Å²) in [5, 5.41) is 8.13. The van der Waals surface area contributed by atoms with Crippen molar-refractivity contribution in [3.8, 4) is 0 Å². The lowest BCUT2D eigenvalue weighted by Crippen LogP contribution is -2.68. The van der Waals surface area contributed by atoms with Gasteiger partial charge in [0.15, 0.2) is 0 Å². The molecule has 5 heteroatoms. The molecule has 5 aliphatic rings. The van der Waals surface area contributed by atoms with Crippen LogP contribution in [0, 0.1) is 48.3 Å². The Morgan fingerprint density at radius 2 is 1.53 bits per heavy atom. The summed E-state index contributed by atoms with van der Waals surface area (Å²) in [7, 11) is 0. The standard InChI is InChI=1S/C38H63N3O2/c1-26(2)31-11-9-29(10-12-31)24-42-22-21-41-19-17-32(18-20-41)37-36-15-13-33-23-34(43-25-30-7-5-27(3)6-8-30)14-16-35(33)38(36)40-28(4)39-37/h5-8,26,28-29,31-40H,9-25H2,1-4H3. The average Bonchev–Trinajstić information content (AvgIpc) is 3.03. The summed E-state index contributed by atoms with van der Waals surface area (Å²) in [6, 6.07) is 10.2. The Labute approximate surface area is 263 Å². The van der Waals surface area contributed by atoms with Gasteiger partial charge in [0.05, 0.1) is 25.5 Å². The summed E-state index contributed by atoms with van der Waals surface area (Å²) in [6.45, 7) is 15.6. The summed E-state index contributed by atoms with van der Waals surface area (Å²) in [5.74, 6) is 5.85. The largest absolute Gasteiger partial charge is 0.380 e. The molecule has 2 heterocycles. The highest BCUT2D eigenvalue weighted by Gasteiger charge is 2.49. The van der Waals surface area contributed by atoms with Crippen molar-refractivity contribution in [2.24, 2.45) is 41.4 Å². The number of likely N-dealkylation sites (tertiary alicyclic amines) is 1. The van der Waals surface area contributed by atoms with Crippen molar-refractivity contribution in [3.05, 3.63) is 35.4 Å². The lowest BCUT2D eigenvalue weighted by molar-refractivity contribution is -0.0565. The zero-order valence-corrected chi connectivity index (χ0v) is 27.9. The molecule has 43 heavy (non-hydrogen) atoms. The van der Waals surface area contributed by atoms with Gasteiger partial charge in [0.1, 0.15) is 0 Å². The molecule has 0 bridgehead atoms. The van der Waals surface area contributed by atoms with Crippen LogP contribution in [0.3, 0.4) is 0 Å². The Bertz CT molecular complexity index is 968. The molecule has 0 spiro atoms. The summed E-state index contributed by atoms with van der Waals surface area (Å²) in [4.78, 5) is 2.68. The quantitative estimate of drug-likeness (QED) is 0.282. The van der Waals surface area contributed by atoms with E-state index in [1.165, 1.54) is 94.8 Å². The first-order valence-electron chi connectivity index (χ1n) is 18.4. The molecule has 2 saturated heterocycles. The third kappa shape index (κ3) is 8.25. The number of ether oxygens (including phenoxy) is 2. The number of rotatable bonds is 10. The van der Waals surface area contributed by atoms with E-state index in [1.54, 1.807) is 0 Å². The topological polar surface area (TPSA) is 45.8 Å². The Balaban J connectivity index is 0.920. The summed E-state index contributed by atoms with van der Waals surface area (Å²) >= 11 is 0. The molecule has 1 aromatic carbocycles. The van der Waals surface area contributed by atoms with E-state index in [-0.39, 0.29) is 0 Å². The van der Waals surface area contributed by atoms with Crippen LogP contribution in [0.4, 0.5) is 0 Å². The molecule has 0 aromatic heterocycles. The second kappa shape index (κ2) is 15.1. The molecular formula is C38H63N3O2. The van der Waals surface area contributed by atoms with E-state index >= 15 is 0 Å². The Kier molecular flexibility index (Phi) is 11.2. The fourth-order valence-corrected chi connectivity index (χ4v) is 9.89. The van der Waals surface area contributed by atoms with Gasteiger partial charge in [-0.05, 0) is 145 Å². The molecular weight excluding hydrogens is 530 g/mol. The SMILES string of the molecule is Cc1ccc(COC2CCC3C(CCC4C(C5CCN(CCOCC6CCC(C(C)C)CC6)CC5)NC(C)NC34)C2)cc1. The van der Waals surface area contributed by atoms with Crippen molar-refractivity contribution in [1.29, 1.82) is 0 Å². The van der Waals surface area contributed by atoms with Crippen LogP contribution in [0.25, 0.3) is 0 Å². The second-order valence-electron chi connectivity index (χ2n) is 15.8. The van der Waals surface area contributed by atoms with Crippen LogP contribution in [-0.2, 0) is 16.1 Å². The number of nitrogens with one attached hydrogen (secondary N) is 2. The maximum absolute atomic E-state index is 6.47. The molecule has 5 nitrogen and oxygen atoms in total. The van der Waals surface area contributed by atoms with Gasteiger partial charge in [-0.25, -0.2) is 0 Å². The van der Waals surface area contributed by atoms with Crippen molar-refractivity contribution in [1.82, 2.24) is 15.5 Å². The minimum Gasteiger partial charge on any atom is -0.380 e. The van der Waals surface area contributed by atoms with Crippen LogP contribution in [-0.4, -0.2) is 62.1 Å². The molecule has 3 saturated carbocycles. The number of hydrogen-bond acceptors (Lipinski definition) is 5. The van der Waals surface area contributed by atoms with E-state index in [0.717, 1.165) is 67.8 Å². The van der Waals surface area contributed by atoms with Crippen LogP contribution in [0.5, 0.6) is 0 Å². The monoisotopic (exact) mass is 593 g/mol. The van der Waals surface area contributed by atoms with Gasteiger partial charge in [-0.3, -0.25) is 10.6 Å². The van der Waals surface area contributed by atoms with Crippen LogP contribution in [0.15, 0.2) is 24.3 Å². The third-order valence-electron chi connectivity index (χ3n) is 12.6. The lowest BCUT2D eigenvalue weighted by atomic mass is 9.60. The van der Waals surface area contributed by atoms with Gasteiger partial charge in [0.25, 0.3) is 0 Å². The molecule has 2 N–H and O–H groups in total. The first-order valence-corrected chi connectivity index (χ1v) is 18.4. The van der Waals surface area contributed by atoms with Gasteiger partial charge < -0.3 is 14.4 Å². The van der Waals surface area contributed by atoms with E-state index in [0.29, 0.717) is 24.4 Å². The number of piperidine rings is 1. The van der Waals surface area contributed by atoms with Crippen LogP contribution >= 0.6 is 0 Å². The predicted octanol–water partition coefficient (Wildman–Crippen LogP) is 7.17. The maximum atomic E-state index is 6.47. The van der Waals surface area contributed by atoms with Gasteiger partial charge >= 0.3 is 0 Å². The summed E-state index contributed by atoms with van der Waals surface area (Å²) < 4.78 is 12.7. The third-order valence-corrected chi connectivity index (χ3v) is 12.6. The molecule has 5 fully saturated rings. The average molecular weight is 594 g/mol. The number of fused-ring (bicyclic) bond motifs is 3. The summed E-state index contributed by atoms with van der Waals surface area (Å²) in [6.07, 6.45) is 15.7. The maximum Gasteiger partial charge on any atom is 0.0720 e. The first kappa shape index (κ1) is 32.0. The van der Waals surface area contributed by atoms with E-state index < -0.39 is 0 Å². The minimum atomic E-state index is 0.419. The normalized spacial score (nSPS) is 37.7. The fraction of sp³-hybridized carbons (Fsp3) is 0.842. The molecule has 242 valence electrons. The first-order chi connectivity index (χ1) is 20.9. The zero-order valence-electron chi connectivity index (χ0n) is 27.9. The number of benzene rings is 1. The number of nitrogens with zero attached hydrogens (tertiary/aromatic N) is 1. The smallest absolute Gasteiger partial charge is 0.0720 e. The Morgan fingerprint density at radius 1 is 0.814 bits per heavy atom.